The summed E-state index contributed by atoms with van der Waals surface area (Å²) in [7, 11) is 0. The molecule has 8 heteroatoms. The SMILES string of the molecule is Cc1cc(-n2c(C)cc(C(=O)CN3CCN(c4ccc(Br)cn4)CC3)c2C)no1. The van der Waals surface area contributed by atoms with Gasteiger partial charge in [0, 0.05) is 59.9 Å². The average molecular weight is 458 g/mol. The van der Waals surface area contributed by atoms with Crippen molar-refractivity contribution in [3.05, 3.63) is 57.6 Å². The van der Waals surface area contributed by atoms with E-state index >= 15 is 0 Å². The van der Waals surface area contributed by atoms with Gasteiger partial charge in [0.05, 0.1) is 6.54 Å². The molecule has 0 N–H and O–H groups in total. The number of piperazine rings is 1. The number of pyridine rings is 1. The Morgan fingerprint density at radius 2 is 1.86 bits per heavy atom. The summed E-state index contributed by atoms with van der Waals surface area (Å²) in [4.78, 5) is 21.9. The van der Waals surface area contributed by atoms with Crippen LogP contribution in [0.15, 0.2) is 39.5 Å². The number of Topliss-reactive ketones (excluding diaryl/α,β-unsaturated/α-hetero) is 1. The van der Waals surface area contributed by atoms with Crippen molar-refractivity contribution in [1.82, 2.24) is 19.6 Å². The molecule has 0 bridgehead atoms. The van der Waals surface area contributed by atoms with E-state index in [1.807, 2.05) is 55.8 Å². The standard InChI is InChI=1S/C21H24BrN5O2/c1-14-10-18(16(3)27(14)21-11-15(2)29-24-21)19(28)13-25-6-8-26(9-7-25)20-5-4-17(22)12-23-20/h4-5,10-12H,6-9,13H2,1-3H3. The number of nitrogens with zero attached hydrogens (tertiary/aromatic N) is 5. The summed E-state index contributed by atoms with van der Waals surface area (Å²) in [5.41, 5.74) is 2.63. The molecule has 0 aromatic carbocycles. The molecule has 0 atom stereocenters. The molecule has 1 saturated heterocycles. The Balaban J connectivity index is 1.41. The van der Waals surface area contributed by atoms with Gasteiger partial charge in [0.15, 0.2) is 11.6 Å². The van der Waals surface area contributed by atoms with Crippen LogP contribution in [0.25, 0.3) is 5.82 Å². The lowest BCUT2D eigenvalue weighted by molar-refractivity contribution is 0.0925. The molecule has 0 radical (unpaired) electrons. The number of carbonyl (C=O) groups is 1. The second-order valence-electron chi connectivity index (χ2n) is 7.44. The third kappa shape index (κ3) is 4.13. The van der Waals surface area contributed by atoms with Gasteiger partial charge in [0.2, 0.25) is 0 Å². The van der Waals surface area contributed by atoms with Gasteiger partial charge in [-0.2, -0.15) is 0 Å². The smallest absolute Gasteiger partial charge is 0.180 e. The van der Waals surface area contributed by atoms with E-state index in [2.05, 4.69) is 35.9 Å². The molecule has 0 unspecified atom stereocenters. The Morgan fingerprint density at radius 1 is 1.10 bits per heavy atom. The largest absolute Gasteiger partial charge is 0.360 e. The molecule has 4 heterocycles. The van der Waals surface area contributed by atoms with Gasteiger partial charge in [0.1, 0.15) is 11.6 Å². The number of hydrogen-bond acceptors (Lipinski definition) is 6. The van der Waals surface area contributed by atoms with E-state index in [0.717, 1.165) is 59.2 Å². The fraction of sp³-hybridized carbons (Fsp3) is 0.381. The van der Waals surface area contributed by atoms with Crippen LogP contribution in [-0.4, -0.2) is 58.1 Å². The number of rotatable bonds is 5. The van der Waals surface area contributed by atoms with Gasteiger partial charge in [-0.05, 0) is 54.9 Å². The first-order chi connectivity index (χ1) is 13.9. The van der Waals surface area contributed by atoms with E-state index in [1.54, 1.807) is 0 Å². The molecule has 152 valence electrons. The molecular weight excluding hydrogens is 434 g/mol. The number of hydrogen-bond donors (Lipinski definition) is 0. The number of aryl methyl sites for hydroxylation is 2. The van der Waals surface area contributed by atoms with E-state index in [1.165, 1.54) is 0 Å². The van der Waals surface area contributed by atoms with Crippen molar-refractivity contribution in [3.8, 4) is 5.82 Å². The van der Waals surface area contributed by atoms with Crippen LogP contribution in [0, 0.1) is 20.8 Å². The quantitative estimate of drug-likeness (QED) is 0.545. The first-order valence-corrected chi connectivity index (χ1v) is 10.5. The fourth-order valence-corrected chi connectivity index (χ4v) is 4.07. The second kappa shape index (κ2) is 8.12. The highest BCUT2D eigenvalue weighted by Gasteiger charge is 2.23. The first-order valence-electron chi connectivity index (χ1n) is 9.67. The van der Waals surface area contributed by atoms with Crippen LogP contribution < -0.4 is 4.90 Å². The van der Waals surface area contributed by atoms with Crippen LogP contribution in [0.1, 0.15) is 27.5 Å². The minimum absolute atomic E-state index is 0.139. The number of halogens is 1. The zero-order chi connectivity index (χ0) is 20.5. The summed E-state index contributed by atoms with van der Waals surface area (Å²) < 4.78 is 8.15. The van der Waals surface area contributed by atoms with Gasteiger partial charge >= 0.3 is 0 Å². The molecule has 4 rings (SSSR count). The van der Waals surface area contributed by atoms with Gasteiger partial charge < -0.3 is 9.42 Å². The van der Waals surface area contributed by atoms with Crippen LogP contribution in [-0.2, 0) is 0 Å². The lowest BCUT2D eigenvalue weighted by Gasteiger charge is -2.35. The third-order valence-electron chi connectivity index (χ3n) is 5.35. The molecule has 1 aliphatic heterocycles. The summed E-state index contributed by atoms with van der Waals surface area (Å²) in [5.74, 6) is 2.58. The maximum atomic E-state index is 13.0. The lowest BCUT2D eigenvalue weighted by atomic mass is 10.1. The summed E-state index contributed by atoms with van der Waals surface area (Å²) >= 11 is 3.42. The van der Waals surface area contributed by atoms with E-state index in [4.69, 9.17) is 4.52 Å². The fourth-order valence-electron chi connectivity index (χ4n) is 3.83. The Morgan fingerprint density at radius 3 is 2.48 bits per heavy atom. The molecule has 0 aliphatic carbocycles. The number of aromatic nitrogens is 3. The van der Waals surface area contributed by atoms with Crippen LogP contribution in [0.5, 0.6) is 0 Å². The van der Waals surface area contributed by atoms with Gasteiger partial charge in [-0.3, -0.25) is 14.3 Å². The number of carbonyl (C=O) groups excluding carboxylic acids is 1. The minimum Gasteiger partial charge on any atom is -0.360 e. The Bertz CT molecular complexity index is 1020. The highest BCUT2D eigenvalue weighted by molar-refractivity contribution is 9.10. The average Bonchev–Trinajstić information content (AvgIpc) is 3.25. The highest BCUT2D eigenvalue weighted by Crippen LogP contribution is 2.22. The van der Waals surface area contributed by atoms with Crippen molar-refractivity contribution < 1.29 is 9.32 Å². The van der Waals surface area contributed by atoms with E-state index in [9.17, 15) is 4.79 Å². The Hall–Kier alpha value is -2.45. The first kappa shape index (κ1) is 19.8. The van der Waals surface area contributed by atoms with Crippen LogP contribution in [0.2, 0.25) is 0 Å². The topological polar surface area (TPSA) is 67.4 Å². The van der Waals surface area contributed by atoms with E-state index in [0.29, 0.717) is 12.4 Å². The summed E-state index contributed by atoms with van der Waals surface area (Å²) in [6, 6.07) is 7.85. The summed E-state index contributed by atoms with van der Waals surface area (Å²) in [6.45, 7) is 9.62. The van der Waals surface area contributed by atoms with Crippen molar-refractivity contribution in [3.63, 3.8) is 0 Å². The molecule has 0 amide bonds. The second-order valence-corrected chi connectivity index (χ2v) is 8.35. The molecule has 0 saturated carbocycles. The van der Waals surface area contributed by atoms with Gasteiger partial charge in [-0.15, -0.1) is 0 Å². The molecule has 1 aliphatic rings. The molecule has 7 nitrogen and oxygen atoms in total. The maximum Gasteiger partial charge on any atom is 0.180 e. The third-order valence-corrected chi connectivity index (χ3v) is 5.82. The molecular formula is C21H24BrN5O2. The molecule has 3 aromatic rings. The summed E-state index contributed by atoms with van der Waals surface area (Å²) in [5, 5.41) is 4.09. The zero-order valence-electron chi connectivity index (χ0n) is 16.9. The number of anilines is 1. The van der Waals surface area contributed by atoms with Crippen molar-refractivity contribution in [1.29, 1.82) is 0 Å². The molecule has 0 spiro atoms. The van der Waals surface area contributed by atoms with E-state index < -0.39 is 0 Å². The monoisotopic (exact) mass is 457 g/mol. The zero-order valence-corrected chi connectivity index (χ0v) is 18.4. The van der Waals surface area contributed by atoms with E-state index in [-0.39, 0.29) is 5.78 Å². The predicted molar refractivity (Wildman–Crippen MR) is 115 cm³/mol. The summed E-state index contributed by atoms with van der Waals surface area (Å²) in [6.07, 6.45) is 1.82. The van der Waals surface area contributed by atoms with Crippen LogP contribution >= 0.6 is 15.9 Å². The predicted octanol–water partition coefficient (Wildman–Crippen LogP) is 3.55. The van der Waals surface area contributed by atoms with Gasteiger partial charge in [-0.25, -0.2) is 4.98 Å². The van der Waals surface area contributed by atoms with Crippen molar-refractivity contribution in [2.75, 3.05) is 37.6 Å². The van der Waals surface area contributed by atoms with Crippen molar-refractivity contribution in [2.24, 2.45) is 0 Å². The van der Waals surface area contributed by atoms with Crippen LogP contribution in [0.3, 0.4) is 0 Å². The number of ketones is 1. The lowest BCUT2D eigenvalue weighted by Crippen LogP contribution is -2.48. The molecule has 3 aromatic heterocycles. The molecule has 29 heavy (non-hydrogen) atoms. The van der Waals surface area contributed by atoms with Gasteiger partial charge in [0.25, 0.3) is 0 Å². The highest BCUT2D eigenvalue weighted by atomic mass is 79.9. The Labute approximate surface area is 178 Å². The maximum absolute atomic E-state index is 13.0. The van der Waals surface area contributed by atoms with Crippen molar-refractivity contribution >= 4 is 27.5 Å². The van der Waals surface area contributed by atoms with Crippen molar-refractivity contribution in [2.45, 2.75) is 20.8 Å². The minimum atomic E-state index is 0.139. The van der Waals surface area contributed by atoms with Crippen LogP contribution in [0.4, 0.5) is 5.82 Å². The normalized spacial score (nSPS) is 15.1. The Kier molecular flexibility index (Phi) is 5.56. The molecule has 1 fully saturated rings. The van der Waals surface area contributed by atoms with Gasteiger partial charge in [-0.1, -0.05) is 5.16 Å².